The van der Waals surface area contributed by atoms with Crippen molar-refractivity contribution in [1.29, 1.82) is 0 Å². The van der Waals surface area contributed by atoms with Gasteiger partial charge in [-0.3, -0.25) is 4.79 Å². The zero-order valence-electron chi connectivity index (χ0n) is 7.06. The Bertz CT molecular complexity index is 130. The smallest absolute Gasteiger partial charge is 0.203 e. The van der Waals surface area contributed by atoms with Crippen LogP contribution in [0.1, 0.15) is 33.1 Å². The quantitative estimate of drug-likeness (QED) is 0.724. The Balaban J connectivity index is 4.32. The summed E-state index contributed by atoms with van der Waals surface area (Å²) in [5.74, 6) is 0. The Labute approximate surface area is 76.1 Å². The normalized spacial score (nSPS) is 11.6. The molecule has 0 aromatic heterocycles. The van der Waals surface area contributed by atoms with E-state index < -0.39 is 0 Å². The molecule has 0 radical (unpaired) electrons. The summed E-state index contributed by atoms with van der Waals surface area (Å²) >= 11 is 2.97. The van der Waals surface area contributed by atoms with Gasteiger partial charge in [-0.1, -0.05) is 13.8 Å². The lowest BCUT2D eigenvalue weighted by Gasteiger charge is -2.26. The maximum Gasteiger partial charge on any atom is 0.203 e. The van der Waals surface area contributed by atoms with Gasteiger partial charge >= 0.3 is 0 Å². The molecule has 3 heteroatoms. The van der Waals surface area contributed by atoms with Crippen molar-refractivity contribution in [2.24, 2.45) is 5.41 Å². The Kier molecular flexibility index (Phi) is 4.93. The van der Waals surface area contributed by atoms with Gasteiger partial charge in [-0.15, -0.1) is 0 Å². The molecule has 0 rings (SSSR count). The molecule has 0 aliphatic rings. The number of hydrogen-bond acceptors (Lipinski definition) is 2. The van der Waals surface area contributed by atoms with Crippen molar-refractivity contribution in [1.82, 2.24) is 0 Å². The van der Waals surface area contributed by atoms with Crippen molar-refractivity contribution < 1.29 is 9.90 Å². The molecule has 0 saturated heterocycles. The molecule has 0 aromatic rings. The molecule has 0 heterocycles. The zero-order chi connectivity index (χ0) is 8.91. The number of carbonyl (C=O) groups is 1. The van der Waals surface area contributed by atoms with E-state index in [1.807, 2.05) is 13.8 Å². The molecular weight excluding hydrogens is 208 g/mol. The highest BCUT2D eigenvalue weighted by molar-refractivity contribution is 9.18. The highest BCUT2D eigenvalue weighted by atomic mass is 79.9. The second kappa shape index (κ2) is 4.88. The SMILES string of the molecule is CCC(CC)(CCO)C(=O)Br. The molecule has 0 bridgehead atoms. The van der Waals surface area contributed by atoms with Gasteiger partial charge in [-0.05, 0) is 35.2 Å². The van der Waals surface area contributed by atoms with Crippen molar-refractivity contribution in [2.45, 2.75) is 33.1 Å². The Morgan fingerprint density at radius 2 is 1.91 bits per heavy atom. The van der Waals surface area contributed by atoms with E-state index in [0.717, 1.165) is 12.8 Å². The third-order valence-electron chi connectivity index (χ3n) is 2.36. The maximum atomic E-state index is 11.1. The van der Waals surface area contributed by atoms with E-state index >= 15 is 0 Å². The zero-order valence-corrected chi connectivity index (χ0v) is 8.65. The Hall–Kier alpha value is 0.110. The standard InChI is InChI=1S/C8H15BrO2/c1-3-8(4-2,5-6-10)7(9)11/h10H,3-6H2,1-2H3. The predicted octanol–water partition coefficient (Wildman–Crippen LogP) is 2.10. The fraction of sp³-hybridized carbons (Fsp3) is 0.875. The van der Waals surface area contributed by atoms with Crippen molar-refractivity contribution in [3.05, 3.63) is 0 Å². The molecule has 66 valence electrons. The number of hydrogen-bond donors (Lipinski definition) is 1. The van der Waals surface area contributed by atoms with Crippen LogP contribution in [0.4, 0.5) is 0 Å². The number of carbonyl (C=O) groups excluding carboxylic acids is 1. The molecule has 1 N–H and O–H groups in total. The number of rotatable bonds is 5. The van der Waals surface area contributed by atoms with E-state index in [1.165, 1.54) is 0 Å². The average molecular weight is 223 g/mol. The maximum absolute atomic E-state index is 11.1. The van der Waals surface area contributed by atoms with Crippen LogP contribution in [0.25, 0.3) is 0 Å². The summed E-state index contributed by atoms with van der Waals surface area (Å²) in [5.41, 5.74) is -0.339. The van der Waals surface area contributed by atoms with Crippen LogP contribution >= 0.6 is 15.9 Å². The van der Waals surface area contributed by atoms with E-state index in [0.29, 0.717) is 6.42 Å². The fourth-order valence-corrected chi connectivity index (χ4v) is 1.95. The van der Waals surface area contributed by atoms with Crippen molar-refractivity contribution >= 4 is 20.6 Å². The fourth-order valence-electron chi connectivity index (χ4n) is 1.19. The van der Waals surface area contributed by atoms with Crippen LogP contribution in [0.15, 0.2) is 0 Å². The van der Waals surface area contributed by atoms with Crippen molar-refractivity contribution in [3.63, 3.8) is 0 Å². The molecule has 0 saturated carbocycles. The molecule has 0 aliphatic heterocycles. The van der Waals surface area contributed by atoms with Gasteiger partial charge in [0.25, 0.3) is 0 Å². The van der Waals surface area contributed by atoms with Gasteiger partial charge in [0.1, 0.15) is 0 Å². The van der Waals surface area contributed by atoms with Crippen LogP contribution < -0.4 is 0 Å². The first kappa shape index (κ1) is 11.1. The van der Waals surface area contributed by atoms with Crippen LogP contribution in [-0.2, 0) is 4.79 Å². The minimum absolute atomic E-state index is 0.0176. The van der Waals surface area contributed by atoms with Crippen LogP contribution in [0.5, 0.6) is 0 Å². The van der Waals surface area contributed by atoms with Crippen molar-refractivity contribution in [3.8, 4) is 0 Å². The number of halogens is 1. The van der Waals surface area contributed by atoms with Gasteiger partial charge in [0.05, 0.1) is 0 Å². The minimum atomic E-state index is -0.339. The second-order valence-corrected chi connectivity index (χ2v) is 3.45. The number of aliphatic hydroxyl groups is 1. The molecule has 0 aromatic carbocycles. The average Bonchev–Trinajstić information content (AvgIpc) is 2.00. The van der Waals surface area contributed by atoms with Gasteiger partial charge in [0, 0.05) is 12.0 Å². The van der Waals surface area contributed by atoms with Crippen LogP contribution in [0, 0.1) is 5.41 Å². The Morgan fingerprint density at radius 1 is 1.45 bits per heavy atom. The van der Waals surface area contributed by atoms with Gasteiger partial charge in [0.15, 0.2) is 0 Å². The summed E-state index contributed by atoms with van der Waals surface area (Å²) in [6.45, 7) is 4.02. The lowest BCUT2D eigenvalue weighted by molar-refractivity contribution is -0.120. The first-order valence-electron chi connectivity index (χ1n) is 3.93. The van der Waals surface area contributed by atoms with Crippen molar-refractivity contribution in [2.75, 3.05) is 6.61 Å². The third-order valence-corrected chi connectivity index (χ3v) is 3.20. The molecule has 0 aliphatic carbocycles. The van der Waals surface area contributed by atoms with Gasteiger partial charge in [-0.25, -0.2) is 0 Å². The first-order valence-corrected chi connectivity index (χ1v) is 4.73. The summed E-state index contributed by atoms with van der Waals surface area (Å²) in [6, 6.07) is 0. The molecule has 0 atom stereocenters. The van der Waals surface area contributed by atoms with E-state index in [-0.39, 0.29) is 16.7 Å². The van der Waals surface area contributed by atoms with E-state index in [1.54, 1.807) is 0 Å². The first-order chi connectivity index (χ1) is 5.13. The highest BCUT2D eigenvalue weighted by Gasteiger charge is 2.31. The summed E-state index contributed by atoms with van der Waals surface area (Å²) in [5, 5.41) is 8.74. The molecule has 0 fully saturated rings. The van der Waals surface area contributed by atoms with Gasteiger partial charge in [0.2, 0.25) is 4.69 Å². The Morgan fingerprint density at radius 3 is 2.00 bits per heavy atom. The van der Waals surface area contributed by atoms with Crippen LogP contribution in [0.3, 0.4) is 0 Å². The summed E-state index contributed by atoms with van der Waals surface area (Å²) in [4.78, 5) is 11.1. The third kappa shape index (κ3) is 2.56. The second-order valence-electron chi connectivity index (χ2n) is 2.73. The molecule has 0 unspecified atom stereocenters. The highest BCUT2D eigenvalue weighted by Crippen LogP contribution is 2.33. The molecule has 2 nitrogen and oxygen atoms in total. The monoisotopic (exact) mass is 222 g/mol. The summed E-state index contributed by atoms with van der Waals surface area (Å²) < 4.78 is 0.0176. The lowest BCUT2D eigenvalue weighted by atomic mass is 9.81. The summed E-state index contributed by atoms with van der Waals surface area (Å²) in [7, 11) is 0. The number of aliphatic hydroxyl groups excluding tert-OH is 1. The van der Waals surface area contributed by atoms with Crippen LogP contribution in [-0.4, -0.2) is 16.4 Å². The van der Waals surface area contributed by atoms with E-state index in [2.05, 4.69) is 15.9 Å². The molecule has 0 amide bonds. The summed E-state index contributed by atoms with van der Waals surface area (Å²) in [6.07, 6.45) is 2.13. The molecular formula is C8H15BrO2. The topological polar surface area (TPSA) is 37.3 Å². The lowest BCUT2D eigenvalue weighted by Crippen LogP contribution is -2.27. The molecule has 0 spiro atoms. The van der Waals surface area contributed by atoms with E-state index in [9.17, 15) is 4.79 Å². The van der Waals surface area contributed by atoms with Gasteiger partial charge in [-0.2, -0.15) is 0 Å². The largest absolute Gasteiger partial charge is 0.396 e. The van der Waals surface area contributed by atoms with Crippen LogP contribution in [0.2, 0.25) is 0 Å². The van der Waals surface area contributed by atoms with E-state index in [4.69, 9.17) is 5.11 Å². The minimum Gasteiger partial charge on any atom is -0.396 e. The molecule has 11 heavy (non-hydrogen) atoms. The predicted molar refractivity (Wildman–Crippen MR) is 48.7 cm³/mol. The van der Waals surface area contributed by atoms with Gasteiger partial charge < -0.3 is 5.11 Å².